The number of nitrogens with one attached hydrogen (secondary N) is 1. The molecule has 4 aromatic rings. The van der Waals surface area contributed by atoms with E-state index in [4.69, 9.17) is 0 Å². The first kappa shape index (κ1) is 27.0. The lowest BCUT2D eigenvalue weighted by molar-refractivity contribution is -0.137. The zero-order chi connectivity index (χ0) is 28.9. The molecule has 1 saturated heterocycles. The standard InChI is InChI=1S/C29H20F3N3O4S2/c30-29(31,32)17-10-7-13-19(14-17)35-25(37)22-21(16-8-3-1-4-9-16)24-27(40-23(22)26(35)38)34(28(39)41-24)15-20(36)33-18-11-5-2-6-12-18/h1-14,21-23H,15H2,(H,33,36)/t21-,22-,23+/m0/s1. The van der Waals surface area contributed by atoms with Gasteiger partial charge in [0.1, 0.15) is 11.8 Å². The first-order valence-corrected chi connectivity index (χ1v) is 14.2. The Balaban J connectivity index is 1.41. The van der Waals surface area contributed by atoms with E-state index in [0.717, 1.165) is 46.2 Å². The molecule has 7 nitrogen and oxygen atoms in total. The normalized spacial score (nSPS) is 20.1. The van der Waals surface area contributed by atoms with Crippen LogP contribution >= 0.6 is 23.1 Å². The lowest BCUT2D eigenvalue weighted by Crippen LogP contribution is -2.33. The first-order valence-electron chi connectivity index (χ1n) is 12.5. The highest BCUT2D eigenvalue weighted by Crippen LogP contribution is 2.54. The van der Waals surface area contributed by atoms with Crippen molar-refractivity contribution in [2.75, 3.05) is 10.2 Å². The van der Waals surface area contributed by atoms with Gasteiger partial charge in [0.05, 0.1) is 22.2 Å². The van der Waals surface area contributed by atoms with Crippen LogP contribution in [0.3, 0.4) is 0 Å². The average molecular weight is 596 g/mol. The molecule has 2 aliphatic rings. The number of halogens is 3. The molecule has 208 valence electrons. The van der Waals surface area contributed by atoms with Gasteiger partial charge in [-0.1, -0.05) is 77.7 Å². The van der Waals surface area contributed by atoms with E-state index in [1.165, 1.54) is 10.6 Å². The summed E-state index contributed by atoms with van der Waals surface area (Å²) in [6.45, 7) is -0.315. The molecule has 3 aromatic carbocycles. The number of amides is 3. The molecule has 0 saturated carbocycles. The van der Waals surface area contributed by atoms with E-state index in [0.29, 0.717) is 21.2 Å². The molecule has 0 radical (unpaired) electrons. The molecular formula is C29H20F3N3O4S2. The number of alkyl halides is 3. The number of carbonyl (C=O) groups excluding carboxylic acids is 3. The van der Waals surface area contributed by atoms with Crippen LogP contribution in [0.4, 0.5) is 24.5 Å². The van der Waals surface area contributed by atoms with Crippen molar-refractivity contribution >= 4 is 52.2 Å². The van der Waals surface area contributed by atoms with Gasteiger partial charge in [-0.3, -0.25) is 23.7 Å². The fourth-order valence-electron chi connectivity index (χ4n) is 5.22. The van der Waals surface area contributed by atoms with E-state index >= 15 is 0 Å². The Bertz CT molecular complexity index is 1720. The monoisotopic (exact) mass is 595 g/mol. The number of benzene rings is 3. The topological polar surface area (TPSA) is 88.5 Å². The summed E-state index contributed by atoms with van der Waals surface area (Å²) in [5.74, 6) is -3.42. The second-order valence-electron chi connectivity index (χ2n) is 9.55. The highest BCUT2D eigenvalue weighted by Gasteiger charge is 2.57. The predicted octanol–water partition coefficient (Wildman–Crippen LogP) is 5.36. The minimum atomic E-state index is -4.66. The number of para-hydroxylation sites is 1. The van der Waals surface area contributed by atoms with Crippen molar-refractivity contribution in [3.8, 4) is 0 Å². The molecule has 3 amide bonds. The molecule has 0 spiro atoms. The van der Waals surface area contributed by atoms with Crippen molar-refractivity contribution < 1.29 is 27.6 Å². The largest absolute Gasteiger partial charge is 0.416 e. The number of thiazole rings is 1. The Morgan fingerprint density at radius 3 is 2.24 bits per heavy atom. The summed E-state index contributed by atoms with van der Waals surface area (Å²) >= 11 is 1.90. The van der Waals surface area contributed by atoms with E-state index in [-0.39, 0.29) is 12.2 Å². The maximum atomic E-state index is 13.8. The van der Waals surface area contributed by atoms with Crippen LogP contribution in [0.25, 0.3) is 0 Å². The van der Waals surface area contributed by atoms with Gasteiger partial charge in [-0.2, -0.15) is 13.2 Å². The Kier molecular flexibility index (Phi) is 6.82. The van der Waals surface area contributed by atoms with Crippen molar-refractivity contribution in [2.45, 2.75) is 28.9 Å². The molecule has 12 heteroatoms. The molecule has 41 heavy (non-hydrogen) atoms. The van der Waals surface area contributed by atoms with Crippen molar-refractivity contribution in [1.29, 1.82) is 0 Å². The zero-order valence-electron chi connectivity index (χ0n) is 21.0. The fraction of sp³-hybridized carbons (Fsp3) is 0.172. The molecule has 3 atom stereocenters. The molecule has 2 aliphatic heterocycles. The lowest BCUT2D eigenvalue weighted by Gasteiger charge is -2.30. The molecule has 6 rings (SSSR count). The van der Waals surface area contributed by atoms with Crippen LogP contribution in [0, 0.1) is 5.92 Å². The van der Waals surface area contributed by atoms with Gasteiger partial charge in [0.2, 0.25) is 17.7 Å². The second kappa shape index (κ2) is 10.3. The van der Waals surface area contributed by atoms with Gasteiger partial charge in [0.25, 0.3) is 0 Å². The van der Waals surface area contributed by atoms with Gasteiger partial charge < -0.3 is 5.32 Å². The number of aromatic nitrogens is 1. The summed E-state index contributed by atoms with van der Waals surface area (Å²) in [5.41, 5.74) is 0.0887. The van der Waals surface area contributed by atoms with Crippen molar-refractivity contribution in [3.63, 3.8) is 0 Å². The van der Waals surface area contributed by atoms with Gasteiger partial charge in [-0.25, -0.2) is 4.90 Å². The molecule has 1 aromatic heterocycles. The quantitative estimate of drug-likeness (QED) is 0.314. The highest BCUT2D eigenvalue weighted by molar-refractivity contribution is 8.00. The molecule has 1 N–H and O–H groups in total. The molecule has 0 aliphatic carbocycles. The van der Waals surface area contributed by atoms with Gasteiger partial charge in [-0.05, 0) is 35.9 Å². The minimum absolute atomic E-state index is 0.167. The van der Waals surface area contributed by atoms with Gasteiger partial charge >= 0.3 is 11.0 Å². The van der Waals surface area contributed by atoms with Crippen LogP contribution in [0.1, 0.15) is 21.9 Å². The summed E-state index contributed by atoms with van der Waals surface area (Å²) in [5, 5.41) is 2.13. The van der Waals surface area contributed by atoms with Crippen molar-refractivity contribution in [2.24, 2.45) is 5.92 Å². The van der Waals surface area contributed by atoms with E-state index < -0.39 is 51.4 Å². The maximum Gasteiger partial charge on any atom is 0.416 e. The van der Waals surface area contributed by atoms with Crippen LogP contribution in [0.15, 0.2) is 94.7 Å². The third-order valence-electron chi connectivity index (χ3n) is 7.00. The van der Waals surface area contributed by atoms with Crippen LogP contribution in [0.5, 0.6) is 0 Å². The molecule has 1 fully saturated rings. The first-order chi connectivity index (χ1) is 19.6. The van der Waals surface area contributed by atoms with E-state index in [2.05, 4.69) is 5.32 Å². The molecule has 3 heterocycles. The van der Waals surface area contributed by atoms with E-state index in [1.54, 1.807) is 60.7 Å². The van der Waals surface area contributed by atoms with Crippen LogP contribution < -0.4 is 15.1 Å². The van der Waals surface area contributed by atoms with Crippen LogP contribution in [-0.4, -0.2) is 27.5 Å². The van der Waals surface area contributed by atoms with Crippen molar-refractivity contribution in [3.05, 3.63) is 111 Å². The lowest BCUT2D eigenvalue weighted by atomic mass is 9.83. The third kappa shape index (κ3) is 4.87. The number of nitrogens with zero attached hydrogens (tertiary/aromatic N) is 2. The van der Waals surface area contributed by atoms with Crippen LogP contribution in [-0.2, 0) is 27.1 Å². The highest BCUT2D eigenvalue weighted by atomic mass is 32.2. The Morgan fingerprint density at radius 1 is 0.878 bits per heavy atom. The third-order valence-corrected chi connectivity index (χ3v) is 9.60. The van der Waals surface area contributed by atoms with Gasteiger partial charge in [-0.15, -0.1) is 0 Å². The Labute approximate surface area is 239 Å². The summed E-state index contributed by atoms with van der Waals surface area (Å²) in [4.78, 5) is 54.5. The maximum absolute atomic E-state index is 13.8. The van der Waals surface area contributed by atoms with Crippen molar-refractivity contribution in [1.82, 2.24) is 4.57 Å². The number of imide groups is 1. The summed E-state index contributed by atoms with van der Waals surface area (Å²) < 4.78 is 41.6. The number of rotatable bonds is 5. The number of anilines is 2. The molecule has 0 unspecified atom stereocenters. The van der Waals surface area contributed by atoms with Crippen LogP contribution in [0.2, 0.25) is 0 Å². The zero-order valence-corrected chi connectivity index (χ0v) is 22.6. The number of thioether (sulfide) groups is 1. The second-order valence-corrected chi connectivity index (χ2v) is 11.7. The average Bonchev–Trinajstić information content (AvgIpc) is 3.39. The fourth-order valence-corrected chi connectivity index (χ4v) is 7.99. The summed E-state index contributed by atoms with van der Waals surface area (Å²) in [7, 11) is 0. The Morgan fingerprint density at radius 2 is 1.56 bits per heavy atom. The number of hydrogen-bond acceptors (Lipinski definition) is 6. The van der Waals surface area contributed by atoms with Gasteiger partial charge in [0.15, 0.2) is 0 Å². The Hall–Kier alpha value is -4.16. The SMILES string of the molecule is O=C(Cn1c2c(sc1=O)[C@@H](c1ccccc1)[C@@H]1C(=O)N(c3cccc(C(F)(F)F)c3)C(=O)[C@@H]1S2)Nc1ccccc1. The smallest absolute Gasteiger partial charge is 0.325 e. The number of fused-ring (bicyclic) bond motifs is 2. The predicted molar refractivity (Wildman–Crippen MR) is 149 cm³/mol. The number of hydrogen-bond donors (Lipinski definition) is 1. The number of carbonyl (C=O) groups is 3. The van der Waals surface area contributed by atoms with E-state index in [1.807, 2.05) is 0 Å². The summed E-state index contributed by atoms with van der Waals surface area (Å²) in [6, 6.07) is 21.7. The minimum Gasteiger partial charge on any atom is -0.325 e. The molecule has 0 bridgehead atoms. The summed E-state index contributed by atoms with van der Waals surface area (Å²) in [6.07, 6.45) is -4.66. The van der Waals surface area contributed by atoms with Gasteiger partial charge in [0, 0.05) is 16.5 Å². The molecular weight excluding hydrogens is 575 g/mol. The van der Waals surface area contributed by atoms with E-state index in [9.17, 15) is 32.3 Å².